The highest BCUT2D eigenvalue weighted by Gasteiger charge is 2.42. The van der Waals surface area contributed by atoms with Gasteiger partial charge < -0.3 is 35.1 Å². The number of piperidine rings is 1. The molecule has 0 aliphatic carbocycles. The van der Waals surface area contributed by atoms with E-state index in [0.29, 0.717) is 39.8 Å². The molecule has 3 heterocycles. The van der Waals surface area contributed by atoms with E-state index < -0.39 is 23.5 Å². The molecule has 5 N–H and O–H groups in total. The zero-order valence-electron chi connectivity index (χ0n) is 36.5. The number of aromatic nitrogens is 1. The zero-order chi connectivity index (χ0) is 46.2. The lowest BCUT2D eigenvalue weighted by Gasteiger charge is -2.33. The van der Waals surface area contributed by atoms with Crippen LogP contribution in [0.4, 0.5) is 4.39 Å². The minimum atomic E-state index is -2.05. The Labute approximate surface area is 386 Å². The number of H-pyrrole nitrogens is 1. The highest BCUT2D eigenvalue weighted by atomic mass is 32.1. The number of aromatic amines is 1. The topological polar surface area (TPSA) is 161 Å². The van der Waals surface area contributed by atoms with Crippen molar-refractivity contribution in [2.45, 2.75) is 50.5 Å². The van der Waals surface area contributed by atoms with Gasteiger partial charge in [-0.1, -0.05) is 84.9 Å². The van der Waals surface area contributed by atoms with Gasteiger partial charge in [0.1, 0.15) is 17.3 Å². The number of ketones is 1. The molecular formula is C53H52FN3O8S. The molecule has 0 amide bonds. The number of carbonyl (C=O) groups is 2. The molecule has 7 aromatic rings. The molecule has 0 unspecified atom stereocenters. The third kappa shape index (κ3) is 10.5. The lowest BCUT2D eigenvalue weighted by atomic mass is 9.85. The van der Waals surface area contributed by atoms with Gasteiger partial charge in [0.25, 0.3) is 0 Å². The van der Waals surface area contributed by atoms with Crippen molar-refractivity contribution in [1.29, 1.82) is 0 Å². The first-order valence-electron chi connectivity index (χ1n) is 22.0. The molecule has 2 atom stereocenters. The van der Waals surface area contributed by atoms with Gasteiger partial charge in [0, 0.05) is 58.4 Å². The SMILES string of the molecule is COc1cc(C(=O)CCc2ccc(-c3cccc([C@](O)(C(=O)OCC4CCN(Cc5ccccc5)CC4)c4ccccc4)c3)s2)c(F)cc1CNC[C@H](O)c1ccc(O)c2[nH]c(=O)ccc12. The number of likely N-dealkylation sites (tertiary alicyclic amines) is 1. The molecule has 13 heteroatoms. The predicted molar refractivity (Wildman–Crippen MR) is 253 cm³/mol. The van der Waals surface area contributed by atoms with Crippen LogP contribution in [0.15, 0.2) is 138 Å². The van der Waals surface area contributed by atoms with Crippen LogP contribution in [0.3, 0.4) is 0 Å². The molecule has 1 saturated heterocycles. The number of Topliss-reactive ketones (excluding diaryl/α,β-unsaturated/α-hetero) is 1. The summed E-state index contributed by atoms with van der Waals surface area (Å²) in [5.41, 5.74) is 1.47. The Balaban J connectivity index is 0.885. The summed E-state index contributed by atoms with van der Waals surface area (Å²) in [6.07, 6.45) is 1.16. The number of esters is 1. The van der Waals surface area contributed by atoms with Crippen LogP contribution in [0.25, 0.3) is 21.3 Å². The van der Waals surface area contributed by atoms with Gasteiger partial charge in [-0.2, -0.15) is 0 Å². The van der Waals surface area contributed by atoms with Crippen molar-refractivity contribution in [2.24, 2.45) is 5.92 Å². The van der Waals surface area contributed by atoms with E-state index in [-0.39, 0.29) is 60.2 Å². The van der Waals surface area contributed by atoms with Crippen molar-refractivity contribution in [2.75, 3.05) is 33.4 Å². The van der Waals surface area contributed by atoms with E-state index in [4.69, 9.17) is 9.47 Å². The third-order valence-electron chi connectivity index (χ3n) is 12.3. The molecule has 8 rings (SSSR count). The maximum absolute atomic E-state index is 15.5. The number of hydrogen-bond acceptors (Lipinski definition) is 11. The standard InChI is InChI=1S/C53H52FN3O8S/c1-64-48-29-43(44(54)28-37(48)30-55-31-47(60)41-17-20-46(59)51-42(41)18-22-50(61)56-51)45(58)19-15-40-16-21-49(66-40)36-11-8-14-39(27-36)53(63,38-12-6-3-7-13-38)52(62)65-33-35-23-25-57(26-24-35)32-34-9-4-2-5-10-34/h2-14,16-18,20-22,27-29,35,47,55,59-60,63H,15,19,23-26,30-33H2,1H3,(H,56,61)/t47-,53-/m0/s1. The van der Waals surface area contributed by atoms with Gasteiger partial charge in [0.05, 0.1) is 30.9 Å². The Morgan fingerprint density at radius 2 is 1.65 bits per heavy atom. The monoisotopic (exact) mass is 909 g/mol. The van der Waals surface area contributed by atoms with Gasteiger partial charge in [-0.15, -0.1) is 11.3 Å². The number of aryl methyl sites for hydroxylation is 1. The zero-order valence-corrected chi connectivity index (χ0v) is 37.4. The number of hydrogen-bond donors (Lipinski definition) is 5. The summed E-state index contributed by atoms with van der Waals surface area (Å²) < 4.78 is 27.0. The van der Waals surface area contributed by atoms with E-state index in [2.05, 4.69) is 27.3 Å². The van der Waals surface area contributed by atoms with Crippen molar-refractivity contribution in [3.8, 4) is 21.9 Å². The molecule has 1 fully saturated rings. The van der Waals surface area contributed by atoms with Gasteiger partial charge in [-0.05, 0) is 103 Å². The molecule has 1 aliphatic heterocycles. The van der Waals surface area contributed by atoms with Crippen LogP contribution >= 0.6 is 11.3 Å². The summed E-state index contributed by atoms with van der Waals surface area (Å²) in [6.45, 7) is 3.10. The highest BCUT2D eigenvalue weighted by molar-refractivity contribution is 7.15. The quantitative estimate of drug-likeness (QED) is 0.0418. The van der Waals surface area contributed by atoms with E-state index in [1.54, 1.807) is 48.5 Å². The Hall–Kier alpha value is -6.48. The van der Waals surface area contributed by atoms with Gasteiger partial charge in [0.2, 0.25) is 11.2 Å². The predicted octanol–water partition coefficient (Wildman–Crippen LogP) is 8.44. The summed E-state index contributed by atoms with van der Waals surface area (Å²) in [5.74, 6) is -1.42. The Bertz CT molecular complexity index is 2860. The number of phenolic OH excluding ortho intramolecular Hbond substituents is 1. The number of methoxy groups -OCH3 is 1. The maximum Gasteiger partial charge on any atom is 0.347 e. The lowest BCUT2D eigenvalue weighted by Crippen LogP contribution is -2.40. The molecule has 0 saturated carbocycles. The molecule has 340 valence electrons. The Morgan fingerprint density at radius 1 is 0.909 bits per heavy atom. The minimum absolute atomic E-state index is 0.0430. The van der Waals surface area contributed by atoms with Crippen LogP contribution < -0.4 is 15.6 Å². The highest BCUT2D eigenvalue weighted by Crippen LogP contribution is 2.37. The molecule has 66 heavy (non-hydrogen) atoms. The summed E-state index contributed by atoms with van der Waals surface area (Å²) in [5, 5.41) is 37.1. The second kappa shape index (κ2) is 20.8. The van der Waals surface area contributed by atoms with E-state index in [0.717, 1.165) is 47.8 Å². The number of benzene rings is 5. The molecular weight excluding hydrogens is 858 g/mol. The maximum atomic E-state index is 15.5. The number of aliphatic hydroxyl groups excluding tert-OH is 1. The van der Waals surface area contributed by atoms with Crippen molar-refractivity contribution in [3.05, 3.63) is 188 Å². The minimum Gasteiger partial charge on any atom is -0.506 e. The fourth-order valence-electron chi connectivity index (χ4n) is 8.61. The van der Waals surface area contributed by atoms with Crippen molar-refractivity contribution in [3.63, 3.8) is 0 Å². The first kappa shape index (κ1) is 46.1. The second-order valence-corrected chi connectivity index (χ2v) is 17.9. The number of phenols is 1. The van der Waals surface area contributed by atoms with Crippen molar-refractivity contribution >= 4 is 34.0 Å². The van der Waals surface area contributed by atoms with Gasteiger partial charge in [0.15, 0.2) is 5.78 Å². The summed E-state index contributed by atoms with van der Waals surface area (Å²) in [7, 11) is 1.44. The average Bonchev–Trinajstić information content (AvgIpc) is 3.83. The van der Waals surface area contributed by atoms with Crippen LogP contribution in [-0.2, 0) is 34.6 Å². The van der Waals surface area contributed by atoms with Crippen LogP contribution in [0.5, 0.6) is 11.5 Å². The number of nitrogens with zero attached hydrogens (tertiary/aromatic N) is 1. The number of rotatable bonds is 18. The van der Waals surface area contributed by atoms with E-state index in [9.17, 15) is 29.7 Å². The second-order valence-electron chi connectivity index (χ2n) is 16.7. The number of carbonyl (C=O) groups excluding carboxylic acids is 2. The molecule has 1 aliphatic rings. The Morgan fingerprint density at radius 3 is 2.41 bits per heavy atom. The van der Waals surface area contributed by atoms with E-state index in [1.165, 1.54) is 54.3 Å². The summed E-state index contributed by atoms with van der Waals surface area (Å²) in [4.78, 5) is 46.0. The van der Waals surface area contributed by atoms with Gasteiger partial charge >= 0.3 is 5.97 Å². The normalized spacial score (nSPS) is 14.7. The van der Waals surface area contributed by atoms with Gasteiger partial charge in [-0.3, -0.25) is 14.5 Å². The summed E-state index contributed by atoms with van der Waals surface area (Å²) in [6, 6.07) is 38.8. The number of fused-ring (bicyclic) bond motifs is 1. The largest absolute Gasteiger partial charge is 0.506 e. The molecule has 0 spiro atoms. The van der Waals surface area contributed by atoms with Crippen LogP contribution in [0.2, 0.25) is 0 Å². The first-order valence-corrected chi connectivity index (χ1v) is 22.9. The fourth-order valence-corrected chi connectivity index (χ4v) is 9.61. The number of ether oxygens (including phenoxy) is 2. The number of aromatic hydroxyl groups is 1. The first-order chi connectivity index (χ1) is 32.0. The van der Waals surface area contributed by atoms with E-state index in [1.807, 2.05) is 42.5 Å². The smallest absolute Gasteiger partial charge is 0.347 e. The number of halogens is 1. The number of nitrogens with one attached hydrogen (secondary N) is 2. The Kier molecular flexibility index (Phi) is 14.5. The molecule has 2 aromatic heterocycles. The van der Waals surface area contributed by atoms with Crippen LogP contribution in [0, 0.1) is 11.7 Å². The number of pyridine rings is 1. The van der Waals surface area contributed by atoms with Crippen LogP contribution in [0.1, 0.15) is 68.4 Å². The van der Waals surface area contributed by atoms with Crippen molar-refractivity contribution in [1.82, 2.24) is 15.2 Å². The molecule has 0 radical (unpaired) electrons. The average molecular weight is 910 g/mol. The molecule has 0 bridgehead atoms. The number of aliphatic hydroxyl groups is 2. The lowest BCUT2D eigenvalue weighted by molar-refractivity contribution is -0.164. The van der Waals surface area contributed by atoms with Crippen LogP contribution in [-0.4, -0.2) is 70.3 Å². The number of thiophene rings is 1. The fraction of sp³-hybridized carbons (Fsp3) is 0.264. The van der Waals surface area contributed by atoms with E-state index >= 15 is 4.39 Å². The van der Waals surface area contributed by atoms with Gasteiger partial charge in [-0.25, -0.2) is 9.18 Å². The molecule has 11 nitrogen and oxygen atoms in total. The van der Waals surface area contributed by atoms with Crippen molar-refractivity contribution < 1.29 is 38.8 Å². The summed E-state index contributed by atoms with van der Waals surface area (Å²) >= 11 is 1.47. The third-order valence-corrected chi connectivity index (χ3v) is 13.5. The molecule has 5 aromatic carbocycles.